The fourth-order valence-electron chi connectivity index (χ4n) is 0.870. The van der Waals surface area contributed by atoms with Crippen molar-refractivity contribution < 1.29 is 13.2 Å². The van der Waals surface area contributed by atoms with Gasteiger partial charge in [0.1, 0.15) is 0 Å². The highest BCUT2D eigenvalue weighted by Gasteiger charge is 2.31. The van der Waals surface area contributed by atoms with E-state index in [-0.39, 0.29) is 10.6 Å². The molecule has 4 heteroatoms. The fourth-order valence-corrected chi connectivity index (χ4v) is 1.09. The molecule has 0 aromatic heterocycles. The molecule has 1 aromatic rings. The highest BCUT2D eigenvalue weighted by molar-refractivity contribution is 6.30. The van der Waals surface area contributed by atoms with Crippen molar-refractivity contribution in [2.24, 2.45) is 0 Å². The van der Waals surface area contributed by atoms with Crippen molar-refractivity contribution in [2.45, 2.75) is 13.1 Å². The third-order valence-electron chi connectivity index (χ3n) is 1.43. The van der Waals surface area contributed by atoms with Crippen LogP contribution in [0.3, 0.4) is 0 Å². The lowest BCUT2D eigenvalue weighted by Gasteiger charge is -2.09. The molecule has 0 amide bonds. The molecule has 0 N–H and O–H groups in total. The van der Waals surface area contributed by atoms with E-state index in [4.69, 9.17) is 11.6 Å². The Hall–Kier alpha value is -0.700. The summed E-state index contributed by atoms with van der Waals surface area (Å²) in [7, 11) is 0. The SMILES string of the molecule is Cc1cc(Cl)[c]cc1C(F)(F)F. The van der Waals surface area contributed by atoms with Crippen LogP contribution in [0.5, 0.6) is 0 Å². The summed E-state index contributed by atoms with van der Waals surface area (Å²) in [6, 6.07) is 4.39. The highest BCUT2D eigenvalue weighted by Crippen LogP contribution is 2.32. The van der Waals surface area contributed by atoms with Crippen LogP contribution in [-0.4, -0.2) is 0 Å². The third-order valence-corrected chi connectivity index (χ3v) is 1.65. The van der Waals surface area contributed by atoms with Gasteiger partial charge in [-0.3, -0.25) is 0 Å². The minimum absolute atomic E-state index is 0.117. The second kappa shape index (κ2) is 2.98. The molecule has 0 atom stereocenters. The second-order valence-electron chi connectivity index (χ2n) is 2.38. The Kier molecular flexibility index (Phi) is 2.33. The minimum Gasteiger partial charge on any atom is -0.166 e. The molecule has 12 heavy (non-hydrogen) atoms. The lowest BCUT2D eigenvalue weighted by molar-refractivity contribution is -0.138. The Morgan fingerprint density at radius 1 is 1.42 bits per heavy atom. The van der Waals surface area contributed by atoms with Gasteiger partial charge in [0.25, 0.3) is 0 Å². The largest absolute Gasteiger partial charge is 0.416 e. The Morgan fingerprint density at radius 2 is 2.00 bits per heavy atom. The molecular weight excluding hydrogens is 189 g/mol. The molecule has 0 aliphatic heterocycles. The molecule has 0 fully saturated rings. The summed E-state index contributed by atoms with van der Waals surface area (Å²) in [4.78, 5) is 0. The smallest absolute Gasteiger partial charge is 0.166 e. The third kappa shape index (κ3) is 1.91. The zero-order chi connectivity index (χ0) is 9.35. The molecule has 0 saturated carbocycles. The van der Waals surface area contributed by atoms with Gasteiger partial charge < -0.3 is 0 Å². The summed E-state index contributed by atoms with van der Waals surface area (Å²) in [6.45, 7) is 1.36. The Balaban J connectivity index is 3.19. The normalized spacial score (nSPS) is 11.8. The summed E-state index contributed by atoms with van der Waals surface area (Å²) >= 11 is 5.44. The molecule has 0 saturated heterocycles. The zero-order valence-electron chi connectivity index (χ0n) is 6.17. The molecule has 0 heterocycles. The van der Waals surface area contributed by atoms with Crippen LogP contribution in [0.15, 0.2) is 12.1 Å². The van der Waals surface area contributed by atoms with Crippen LogP contribution in [0.4, 0.5) is 13.2 Å². The maximum absolute atomic E-state index is 12.1. The fraction of sp³-hybridized carbons (Fsp3) is 0.250. The molecule has 1 aromatic carbocycles. The molecule has 0 nitrogen and oxygen atoms in total. The summed E-state index contributed by atoms with van der Waals surface area (Å²) in [6.07, 6.45) is -4.31. The van der Waals surface area contributed by atoms with E-state index in [1.54, 1.807) is 0 Å². The van der Waals surface area contributed by atoms with E-state index in [2.05, 4.69) is 6.07 Å². The van der Waals surface area contributed by atoms with E-state index in [9.17, 15) is 13.2 Å². The van der Waals surface area contributed by atoms with Crippen LogP contribution >= 0.6 is 11.6 Å². The molecule has 0 unspecified atom stereocenters. The van der Waals surface area contributed by atoms with Crippen LogP contribution in [0.1, 0.15) is 11.1 Å². The number of halogens is 4. The Labute approximate surface area is 73.0 Å². The maximum Gasteiger partial charge on any atom is 0.416 e. The predicted molar refractivity (Wildman–Crippen MR) is 40.0 cm³/mol. The monoisotopic (exact) mass is 193 g/mol. The standard InChI is InChI=1S/C8H5ClF3/c1-5-4-6(9)2-3-7(5)8(10,11)12/h3-4H,1H3. The summed E-state index contributed by atoms with van der Waals surface area (Å²) in [5.74, 6) is 0. The van der Waals surface area contributed by atoms with Crippen LogP contribution < -0.4 is 0 Å². The number of rotatable bonds is 0. The minimum atomic E-state index is -4.31. The number of aryl methyl sites for hydroxylation is 1. The van der Waals surface area contributed by atoms with E-state index in [0.717, 1.165) is 6.07 Å². The molecule has 0 bridgehead atoms. The molecule has 65 valence electrons. The number of alkyl halides is 3. The first-order valence-corrected chi connectivity index (χ1v) is 3.54. The van der Waals surface area contributed by atoms with Crippen molar-refractivity contribution in [3.05, 3.63) is 34.3 Å². The first-order valence-electron chi connectivity index (χ1n) is 3.16. The van der Waals surface area contributed by atoms with Crippen molar-refractivity contribution in [2.75, 3.05) is 0 Å². The van der Waals surface area contributed by atoms with E-state index < -0.39 is 11.7 Å². The molecule has 0 spiro atoms. The van der Waals surface area contributed by atoms with Gasteiger partial charge in [0.2, 0.25) is 0 Å². The van der Waals surface area contributed by atoms with E-state index >= 15 is 0 Å². The van der Waals surface area contributed by atoms with Crippen LogP contribution in [0.2, 0.25) is 5.02 Å². The number of benzene rings is 1. The Bertz CT molecular complexity index is 291. The van der Waals surface area contributed by atoms with Crippen molar-refractivity contribution in [1.82, 2.24) is 0 Å². The molecule has 0 aliphatic rings. The molecule has 0 aliphatic carbocycles. The molecule has 1 radical (unpaired) electrons. The van der Waals surface area contributed by atoms with Crippen LogP contribution in [0.25, 0.3) is 0 Å². The van der Waals surface area contributed by atoms with E-state index in [1.807, 2.05) is 0 Å². The average Bonchev–Trinajstić information content (AvgIpc) is 1.83. The van der Waals surface area contributed by atoms with E-state index in [0.29, 0.717) is 0 Å². The van der Waals surface area contributed by atoms with Gasteiger partial charge >= 0.3 is 6.18 Å². The average molecular weight is 194 g/mol. The maximum atomic E-state index is 12.1. The van der Waals surface area contributed by atoms with Gasteiger partial charge in [-0.15, -0.1) is 0 Å². The number of hydrogen-bond donors (Lipinski definition) is 0. The lowest BCUT2D eigenvalue weighted by Crippen LogP contribution is -2.06. The molecule has 1 rings (SSSR count). The summed E-state index contributed by atoms with van der Waals surface area (Å²) < 4.78 is 36.4. The van der Waals surface area contributed by atoms with Gasteiger partial charge in [0.15, 0.2) is 0 Å². The first kappa shape index (κ1) is 9.39. The predicted octanol–water partition coefficient (Wildman–Crippen LogP) is 3.47. The van der Waals surface area contributed by atoms with Gasteiger partial charge in [-0.2, -0.15) is 13.2 Å². The quantitative estimate of drug-likeness (QED) is 0.592. The molecular formula is C8H5ClF3. The van der Waals surface area contributed by atoms with Gasteiger partial charge in [0, 0.05) is 11.1 Å². The van der Waals surface area contributed by atoms with E-state index in [1.165, 1.54) is 13.0 Å². The van der Waals surface area contributed by atoms with Crippen molar-refractivity contribution in [3.8, 4) is 0 Å². The first-order chi connectivity index (χ1) is 5.41. The lowest BCUT2D eigenvalue weighted by atomic mass is 10.1. The summed E-state index contributed by atoms with van der Waals surface area (Å²) in [5.41, 5.74) is -0.571. The van der Waals surface area contributed by atoms with Crippen molar-refractivity contribution in [3.63, 3.8) is 0 Å². The van der Waals surface area contributed by atoms with Crippen LogP contribution in [-0.2, 0) is 6.18 Å². The van der Waals surface area contributed by atoms with Crippen molar-refractivity contribution in [1.29, 1.82) is 0 Å². The zero-order valence-corrected chi connectivity index (χ0v) is 6.92. The van der Waals surface area contributed by atoms with Gasteiger partial charge in [-0.1, -0.05) is 11.6 Å². The van der Waals surface area contributed by atoms with Crippen molar-refractivity contribution >= 4 is 11.6 Å². The topological polar surface area (TPSA) is 0 Å². The summed E-state index contributed by atoms with van der Waals surface area (Å²) in [5, 5.41) is 0.195. The Morgan fingerprint density at radius 3 is 2.42 bits per heavy atom. The highest BCUT2D eigenvalue weighted by atomic mass is 35.5. The van der Waals surface area contributed by atoms with Crippen LogP contribution in [0, 0.1) is 13.0 Å². The van der Waals surface area contributed by atoms with Gasteiger partial charge in [-0.05, 0) is 24.6 Å². The second-order valence-corrected chi connectivity index (χ2v) is 2.78. The van der Waals surface area contributed by atoms with Gasteiger partial charge in [-0.25, -0.2) is 0 Å². The number of hydrogen-bond acceptors (Lipinski definition) is 0. The van der Waals surface area contributed by atoms with Gasteiger partial charge in [0.05, 0.1) is 5.56 Å².